The van der Waals surface area contributed by atoms with E-state index < -0.39 is 9.84 Å². The van der Waals surface area contributed by atoms with Crippen molar-refractivity contribution in [3.05, 3.63) is 33.8 Å². The molecule has 1 unspecified atom stereocenters. The van der Waals surface area contributed by atoms with Crippen molar-refractivity contribution < 1.29 is 13.2 Å². The Morgan fingerprint density at radius 2 is 2.10 bits per heavy atom. The molecule has 110 valence electrons. The number of benzene rings is 1. The first kappa shape index (κ1) is 15.8. The molecule has 1 heterocycles. The maximum absolute atomic E-state index is 12.2. The summed E-state index contributed by atoms with van der Waals surface area (Å²) in [4.78, 5) is 14.1. The number of rotatable bonds is 3. The topological polar surface area (TPSA) is 54.5 Å². The highest BCUT2D eigenvalue weighted by molar-refractivity contribution is 7.91. The van der Waals surface area contributed by atoms with Crippen molar-refractivity contribution in [1.82, 2.24) is 4.90 Å². The third kappa shape index (κ3) is 3.73. The Labute approximate surface area is 128 Å². The minimum Gasteiger partial charge on any atom is -0.293 e. The number of carbonyl (C=O) groups is 1. The SMILES string of the molecule is CC1CS(=O)(=O)CCN1CC(=O)c1ccc(Cl)cc1Cl. The van der Waals surface area contributed by atoms with Gasteiger partial charge in [-0.2, -0.15) is 0 Å². The van der Waals surface area contributed by atoms with Crippen molar-refractivity contribution in [3.63, 3.8) is 0 Å². The van der Waals surface area contributed by atoms with Crippen LogP contribution < -0.4 is 0 Å². The lowest BCUT2D eigenvalue weighted by Crippen LogP contribution is -2.48. The van der Waals surface area contributed by atoms with Gasteiger partial charge in [-0.25, -0.2) is 8.42 Å². The third-order valence-corrected chi connectivity index (χ3v) is 5.73. The number of nitrogens with zero attached hydrogens (tertiary/aromatic N) is 1. The van der Waals surface area contributed by atoms with Crippen LogP contribution in [0.4, 0.5) is 0 Å². The highest BCUT2D eigenvalue weighted by Crippen LogP contribution is 2.22. The summed E-state index contributed by atoms with van der Waals surface area (Å²) in [6.07, 6.45) is 0. The minimum absolute atomic E-state index is 0.0919. The number of halogens is 2. The molecule has 0 aliphatic carbocycles. The molecule has 0 aromatic heterocycles. The number of hydrogen-bond donors (Lipinski definition) is 0. The number of carbonyl (C=O) groups excluding carboxylic acids is 1. The maximum atomic E-state index is 12.2. The second-order valence-electron chi connectivity index (χ2n) is 4.98. The van der Waals surface area contributed by atoms with E-state index in [1.165, 1.54) is 6.07 Å². The van der Waals surface area contributed by atoms with Crippen LogP contribution in [0.15, 0.2) is 18.2 Å². The summed E-state index contributed by atoms with van der Waals surface area (Å²) in [7, 11) is -2.98. The van der Waals surface area contributed by atoms with E-state index in [1.807, 2.05) is 11.8 Å². The summed E-state index contributed by atoms with van der Waals surface area (Å²) in [5, 5.41) is 0.795. The van der Waals surface area contributed by atoms with E-state index >= 15 is 0 Å². The summed E-state index contributed by atoms with van der Waals surface area (Å²) in [6, 6.07) is 4.58. The van der Waals surface area contributed by atoms with Crippen LogP contribution in [0.3, 0.4) is 0 Å². The van der Waals surface area contributed by atoms with Gasteiger partial charge in [-0.05, 0) is 25.1 Å². The zero-order valence-corrected chi connectivity index (χ0v) is 13.3. The average Bonchev–Trinajstić information content (AvgIpc) is 2.32. The van der Waals surface area contributed by atoms with E-state index in [-0.39, 0.29) is 29.9 Å². The van der Waals surface area contributed by atoms with Crippen molar-refractivity contribution >= 4 is 38.8 Å². The molecule has 1 aromatic rings. The summed E-state index contributed by atoms with van der Waals surface area (Å²) in [6.45, 7) is 2.35. The molecule has 1 aliphatic heterocycles. The molecule has 1 aromatic carbocycles. The van der Waals surface area contributed by atoms with Crippen molar-refractivity contribution in [2.75, 3.05) is 24.6 Å². The van der Waals surface area contributed by atoms with Crippen LogP contribution in [0, 0.1) is 0 Å². The lowest BCUT2D eigenvalue weighted by molar-refractivity contribution is 0.0908. The van der Waals surface area contributed by atoms with Gasteiger partial charge in [0.15, 0.2) is 15.6 Å². The van der Waals surface area contributed by atoms with Crippen molar-refractivity contribution in [3.8, 4) is 0 Å². The smallest absolute Gasteiger partial charge is 0.178 e. The molecule has 0 N–H and O–H groups in total. The van der Waals surface area contributed by atoms with E-state index in [0.29, 0.717) is 22.2 Å². The first-order valence-electron chi connectivity index (χ1n) is 6.21. The van der Waals surface area contributed by atoms with Crippen molar-refractivity contribution in [2.24, 2.45) is 0 Å². The molecule has 1 saturated heterocycles. The Balaban J connectivity index is 2.08. The van der Waals surface area contributed by atoms with Crippen LogP contribution in [0.1, 0.15) is 17.3 Å². The molecule has 7 heteroatoms. The molecule has 1 fully saturated rings. The summed E-state index contributed by atoms with van der Waals surface area (Å²) < 4.78 is 23.0. The lowest BCUT2D eigenvalue weighted by atomic mass is 10.1. The standard InChI is InChI=1S/C13H15Cl2NO3S/c1-9-8-20(18,19)5-4-16(9)7-13(17)11-3-2-10(14)6-12(11)15/h2-3,6,9H,4-5,7-8H2,1H3. The van der Waals surface area contributed by atoms with Gasteiger partial charge in [0.05, 0.1) is 23.1 Å². The van der Waals surface area contributed by atoms with E-state index in [9.17, 15) is 13.2 Å². The van der Waals surface area contributed by atoms with Crippen LogP contribution in [0.5, 0.6) is 0 Å². The molecule has 1 aliphatic rings. The Hall–Kier alpha value is -0.620. The van der Waals surface area contributed by atoms with Crippen LogP contribution in [-0.2, 0) is 9.84 Å². The van der Waals surface area contributed by atoms with Gasteiger partial charge in [0.1, 0.15) is 0 Å². The van der Waals surface area contributed by atoms with Crippen molar-refractivity contribution in [1.29, 1.82) is 0 Å². The quantitative estimate of drug-likeness (QED) is 0.795. The van der Waals surface area contributed by atoms with Gasteiger partial charge in [0.25, 0.3) is 0 Å². The Morgan fingerprint density at radius 3 is 2.70 bits per heavy atom. The van der Waals surface area contributed by atoms with Gasteiger partial charge in [-0.1, -0.05) is 23.2 Å². The Kier molecular flexibility index (Phi) is 4.74. The molecule has 4 nitrogen and oxygen atoms in total. The first-order valence-corrected chi connectivity index (χ1v) is 8.79. The molecule has 0 bridgehead atoms. The highest BCUT2D eigenvalue weighted by Gasteiger charge is 2.29. The van der Waals surface area contributed by atoms with E-state index in [0.717, 1.165) is 0 Å². The normalized spacial score (nSPS) is 22.6. The van der Waals surface area contributed by atoms with Crippen LogP contribution in [0.25, 0.3) is 0 Å². The monoisotopic (exact) mass is 335 g/mol. The molecular weight excluding hydrogens is 321 g/mol. The Bertz CT molecular complexity index is 631. The van der Waals surface area contributed by atoms with Crippen LogP contribution in [0.2, 0.25) is 10.0 Å². The number of ketones is 1. The summed E-state index contributed by atoms with van der Waals surface area (Å²) in [5.41, 5.74) is 0.414. The minimum atomic E-state index is -2.98. The summed E-state index contributed by atoms with van der Waals surface area (Å²) >= 11 is 11.8. The molecule has 2 rings (SSSR count). The molecule has 0 radical (unpaired) electrons. The average molecular weight is 336 g/mol. The largest absolute Gasteiger partial charge is 0.293 e. The second kappa shape index (κ2) is 6.02. The van der Waals surface area contributed by atoms with Gasteiger partial charge in [0, 0.05) is 23.2 Å². The summed E-state index contributed by atoms with van der Waals surface area (Å²) in [5.74, 6) is 0.0611. The van der Waals surface area contributed by atoms with Gasteiger partial charge in [-0.15, -0.1) is 0 Å². The van der Waals surface area contributed by atoms with E-state index in [1.54, 1.807) is 12.1 Å². The van der Waals surface area contributed by atoms with Gasteiger partial charge in [-0.3, -0.25) is 9.69 Å². The fourth-order valence-corrected chi connectivity index (χ4v) is 4.39. The molecule has 20 heavy (non-hydrogen) atoms. The molecule has 0 spiro atoms. The highest BCUT2D eigenvalue weighted by atomic mass is 35.5. The van der Waals surface area contributed by atoms with Gasteiger partial charge in [0.2, 0.25) is 0 Å². The van der Waals surface area contributed by atoms with E-state index in [4.69, 9.17) is 23.2 Å². The molecule has 1 atom stereocenters. The molecule has 0 saturated carbocycles. The predicted molar refractivity (Wildman–Crippen MR) is 80.5 cm³/mol. The number of Topliss-reactive ketones (excluding diaryl/α,β-unsaturated/α-hetero) is 1. The van der Waals surface area contributed by atoms with Crippen molar-refractivity contribution in [2.45, 2.75) is 13.0 Å². The number of sulfone groups is 1. The Morgan fingerprint density at radius 1 is 1.40 bits per heavy atom. The number of hydrogen-bond acceptors (Lipinski definition) is 4. The lowest BCUT2D eigenvalue weighted by Gasteiger charge is -2.32. The van der Waals surface area contributed by atoms with E-state index in [2.05, 4.69) is 0 Å². The second-order valence-corrected chi connectivity index (χ2v) is 8.05. The third-order valence-electron chi connectivity index (χ3n) is 3.39. The fraction of sp³-hybridized carbons (Fsp3) is 0.462. The van der Waals surface area contributed by atoms with Crippen LogP contribution in [-0.4, -0.2) is 49.7 Å². The fourth-order valence-electron chi connectivity index (χ4n) is 2.25. The first-order chi connectivity index (χ1) is 9.28. The molecule has 0 amide bonds. The molecular formula is C13H15Cl2NO3S. The van der Waals surface area contributed by atoms with Gasteiger partial charge >= 0.3 is 0 Å². The van der Waals surface area contributed by atoms with Gasteiger partial charge < -0.3 is 0 Å². The maximum Gasteiger partial charge on any atom is 0.178 e. The predicted octanol–water partition coefficient (Wildman–Crippen LogP) is 2.29. The van der Waals surface area contributed by atoms with Crippen LogP contribution >= 0.6 is 23.2 Å². The zero-order valence-electron chi connectivity index (χ0n) is 11.0. The zero-order chi connectivity index (χ0) is 14.9.